The maximum Gasteiger partial charge on any atom is 0.490 e. The highest BCUT2D eigenvalue weighted by Gasteiger charge is 2.38. The number of aromatic amines is 1. The summed E-state index contributed by atoms with van der Waals surface area (Å²) in [6.45, 7) is 6.59. The number of aliphatic carboxylic acids is 1. The summed E-state index contributed by atoms with van der Waals surface area (Å²) >= 11 is 12.6. The number of carboxylic acid groups (broad SMARTS) is 1. The van der Waals surface area contributed by atoms with Crippen molar-refractivity contribution in [3.05, 3.63) is 75.8 Å². The van der Waals surface area contributed by atoms with Crippen molar-refractivity contribution in [2.45, 2.75) is 38.8 Å². The molecule has 0 aliphatic rings. The van der Waals surface area contributed by atoms with Crippen LogP contribution in [0.5, 0.6) is 0 Å². The topological polar surface area (TPSA) is 104 Å². The number of alkyl halides is 3. The van der Waals surface area contributed by atoms with Crippen molar-refractivity contribution in [2.24, 2.45) is 0 Å². The van der Waals surface area contributed by atoms with Crippen molar-refractivity contribution in [1.29, 1.82) is 0 Å². The number of benzene rings is 2. The molecule has 0 fully saturated rings. The van der Waals surface area contributed by atoms with Crippen molar-refractivity contribution >= 4 is 51.8 Å². The molecule has 0 aliphatic heterocycles. The number of anilines is 2. The minimum absolute atomic E-state index is 0.110. The normalized spacial score (nSPS) is 11.7. The molecule has 0 atom stereocenters. The molecule has 0 saturated carbocycles. The predicted octanol–water partition coefficient (Wildman–Crippen LogP) is 6.92. The number of nitrogens with one attached hydrogen (secondary N) is 2. The van der Waals surface area contributed by atoms with Gasteiger partial charge in [-0.3, -0.25) is 0 Å². The lowest BCUT2D eigenvalue weighted by Gasteiger charge is -2.19. The van der Waals surface area contributed by atoms with Gasteiger partial charge in [-0.2, -0.15) is 13.2 Å². The smallest absolute Gasteiger partial charge is 0.475 e. The molecule has 2 heterocycles. The number of hydrogen-bond acceptors (Lipinski definition) is 5. The maximum absolute atomic E-state index is 10.6. The van der Waals surface area contributed by atoms with E-state index < -0.39 is 12.1 Å². The number of hydrogen-bond donors (Lipinski definition) is 3. The summed E-state index contributed by atoms with van der Waals surface area (Å²) in [5.41, 5.74) is 4.49. The third-order valence-corrected chi connectivity index (χ3v) is 5.71. The van der Waals surface area contributed by atoms with E-state index in [2.05, 4.69) is 70.3 Å². The summed E-state index contributed by atoms with van der Waals surface area (Å²) in [5, 5.41) is 11.7. The molecule has 0 radical (unpaired) electrons. The lowest BCUT2D eigenvalue weighted by molar-refractivity contribution is -0.192. The van der Waals surface area contributed by atoms with Crippen LogP contribution in [-0.4, -0.2) is 37.2 Å². The molecule has 36 heavy (non-hydrogen) atoms. The van der Waals surface area contributed by atoms with Gasteiger partial charge in [0.15, 0.2) is 11.5 Å². The third-order valence-electron chi connectivity index (χ3n) is 5.00. The Labute approximate surface area is 214 Å². The van der Waals surface area contributed by atoms with Crippen molar-refractivity contribution < 1.29 is 23.1 Å². The molecule has 0 aliphatic carbocycles. The number of imidazole rings is 1. The average molecular weight is 540 g/mol. The molecule has 0 spiro atoms. The molecule has 12 heteroatoms. The summed E-state index contributed by atoms with van der Waals surface area (Å²) in [7, 11) is 0. The van der Waals surface area contributed by atoms with Crippen molar-refractivity contribution in [2.75, 3.05) is 5.32 Å². The van der Waals surface area contributed by atoms with Gasteiger partial charge in [-0.15, -0.1) is 0 Å². The molecule has 4 aromatic rings. The van der Waals surface area contributed by atoms with Gasteiger partial charge in [0.1, 0.15) is 17.7 Å². The summed E-state index contributed by atoms with van der Waals surface area (Å²) in [4.78, 5) is 25.4. The second kappa shape index (κ2) is 10.7. The Kier molecular flexibility index (Phi) is 8.10. The summed E-state index contributed by atoms with van der Waals surface area (Å²) in [6, 6.07) is 13.8. The standard InChI is InChI=1S/C22H21Cl2N5.C2HF3O2/c1-22(2,3)13-7-9-14(10-8-13)27-20-19-21(26-12-25-20)29-18(28-19)11-15-16(23)5-4-6-17(15)24;3-2(4,5)1(6)7/h4-10,12H,11H2,1-3H3,(H2,25,26,27,28,29);(H,6,7). The summed E-state index contributed by atoms with van der Waals surface area (Å²) < 4.78 is 31.7. The van der Waals surface area contributed by atoms with Crippen LogP contribution in [0.3, 0.4) is 0 Å². The third kappa shape index (κ3) is 6.86. The highest BCUT2D eigenvalue weighted by molar-refractivity contribution is 6.36. The number of rotatable bonds is 4. The first-order valence-corrected chi connectivity index (χ1v) is 11.3. The van der Waals surface area contributed by atoms with Gasteiger partial charge in [0.2, 0.25) is 0 Å². The van der Waals surface area contributed by atoms with Crippen LogP contribution in [0.25, 0.3) is 11.2 Å². The number of halogens is 5. The zero-order valence-electron chi connectivity index (χ0n) is 19.4. The Balaban J connectivity index is 0.000000454. The van der Waals surface area contributed by atoms with Gasteiger partial charge < -0.3 is 15.4 Å². The Morgan fingerprint density at radius 1 is 1.03 bits per heavy atom. The molecule has 4 rings (SSSR count). The van der Waals surface area contributed by atoms with Gasteiger partial charge in [-0.25, -0.2) is 19.7 Å². The quantitative estimate of drug-likeness (QED) is 0.260. The number of nitrogens with zero attached hydrogens (tertiary/aromatic N) is 3. The number of H-pyrrole nitrogens is 1. The van der Waals surface area contributed by atoms with Crippen molar-refractivity contribution in [3.63, 3.8) is 0 Å². The Bertz CT molecular complexity index is 1350. The lowest BCUT2D eigenvalue weighted by Crippen LogP contribution is -2.21. The first-order chi connectivity index (χ1) is 16.8. The van der Waals surface area contributed by atoms with E-state index in [0.29, 0.717) is 27.9 Å². The van der Waals surface area contributed by atoms with Crippen LogP contribution in [-0.2, 0) is 16.6 Å². The van der Waals surface area contributed by atoms with Crippen LogP contribution in [0, 0.1) is 0 Å². The van der Waals surface area contributed by atoms with Crippen LogP contribution < -0.4 is 5.32 Å². The van der Waals surface area contributed by atoms with Crippen LogP contribution >= 0.6 is 23.2 Å². The lowest BCUT2D eigenvalue weighted by atomic mass is 9.87. The Morgan fingerprint density at radius 2 is 1.61 bits per heavy atom. The van der Waals surface area contributed by atoms with Crippen LogP contribution in [0.1, 0.15) is 37.7 Å². The van der Waals surface area contributed by atoms with Gasteiger partial charge in [-0.1, -0.05) is 62.2 Å². The van der Waals surface area contributed by atoms with E-state index in [1.165, 1.54) is 11.9 Å². The monoisotopic (exact) mass is 539 g/mol. The van der Waals surface area contributed by atoms with Crippen LogP contribution in [0.4, 0.5) is 24.7 Å². The van der Waals surface area contributed by atoms with Gasteiger partial charge in [-0.05, 0) is 40.8 Å². The summed E-state index contributed by atoms with van der Waals surface area (Å²) in [5.74, 6) is -1.36. The molecule has 2 aromatic heterocycles. The molecule has 0 saturated heterocycles. The number of carboxylic acids is 1. The van der Waals surface area contributed by atoms with E-state index in [9.17, 15) is 13.2 Å². The fraction of sp³-hybridized carbons (Fsp3) is 0.250. The van der Waals surface area contributed by atoms with E-state index in [0.717, 1.165) is 22.6 Å². The molecule has 190 valence electrons. The van der Waals surface area contributed by atoms with Gasteiger partial charge in [0.25, 0.3) is 0 Å². The second-order valence-corrected chi connectivity index (χ2v) is 9.55. The first-order valence-electron chi connectivity index (χ1n) is 10.6. The van der Waals surface area contributed by atoms with Gasteiger partial charge in [0.05, 0.1) is 0 Å². The molecule has 2 aromatic carbocycles. The Hall–Kier alpha value is -3.37. The van der Waals surface area contributed by atoms with Crippen LogP contribution in [0.15, 0.2) is 48.8 Å². The van der Waals surface area contributed by atoms with E-state index in [4.69, 9.17) is 33.1 Å². The largest absolute Gasteiger partial charge is 0.490 e. The van der Waals surface area contributed by atoms with E-state index in [1.807, 2.05) is 18.2 Å². The molecule has 0 unspecified atom stereocenters. The first kappa shape index (κ1) is 27.2. The van der Waals surface area contributed by atoms with Gasteiger partial charge in [0, 0.05) is 22.2 Å². The SMILES string of the molecule is CC(C)(C)c1ccc(Nc2ncnc3nc(Cc4c(Cl)cccc4Cl)[nH]c23)cc1.O=C(O)C(F)(F)F. The van der Waals surface area contributed by atoms with Crippen LogP contribution in [0.2, 0.25) is 10.0 Å². The van der Waals surface area contributed by atoms with Crippen molar-refractivity contribution in [1.82, 2.24) is 19.9 Å². The highest BCUT2D eigenvalue weighted by Crippen LogP contribution is 2.29. The second-order valence-electron chi connectivity index (χ2n) is 8.74. The zero-order valence-corrected chi connectivity index (χ0v) is 20.9. The molecular formula is C24H22Cl2F3N5O2. The number of carbonyl (C=O) groups is 1. The number of fused-ring (bicyclic) bond motifs is 1. The zero-order chi connectivity index (χ0) is 26.7. The highest BCUT2D eigenvalue weighted by atomic mass is 35.5. The minimum atomic E-state index is -5.08. The minimum Gasteiger partial charge on any atom is -0.475 e. The fourth-order valence-electron chi connectivity index (χ4n) is 3.11. The van der Waals surface area contributed by atoms with Gasteiger partial charge >= 0.3 is 12.1 Å². The van der Waals surface area contributed by atoms with E-state index in [-0.39, 0.29) is 5.41 Å². The fourth-order valence-corrected chi connectivity index (χ4v) is 3.64. The Morgan fingerprint density at radius 3 is 2.14 bits per heavy atom. The van der Waals surface area contributed by atoms with Crippen molar-refractivity contribution in [3.8, 4) is 0 Å². The van der Waals surface area contributed by atoms with E-state index >= 15 is 0 Å². The average Bonchev–Trinajstić information content (AvgIpc) is 3.20. The summed E-state index contributed by atoms with van der Waals surface area (Å²) in [6.07, 6.45) is -3.10. The number of aromatic nitrogens is 4. The molecule has 0 bridgehead atoms. The maximum atomic E-state index is 10.6. The van der Waals surface area contributed by atoms with E-state index in [1.54, 1.807) is 0 Å². The molecule has 7 nitrogen and oxygen atoms in total. The predicted molar refractivity (Wildman–Crippen MR) is 133 cm³/mol. The molecule has 3 N–H and O–H groups in total. The molecule has 0 amide bonds. The molecular weight excluding hydrogens is 518 g/mol.